The van der Waals surface area contributed by atoms with E-state index >= 15 is 0 Å². The first kappa shape index (κ1) is 22.0. The zero-order valence-electron chi connectivity index (χ0n) is 16.3. The zero-order chi connectivity index (χ0) is 21.4. The number of carbonyl (C=O) groups is 1. The highest BCUT2D eigenvalue weighted by atomic mass is 19.1. The summed E-state index contributed by atoms with van der Waals surface area (Å²) in [4.78, 5) is 20.4. The van der Waals surface area contributed by atoms with Crippen molar-refractivity contribution in [3.8, 4) is 6.07 Å². The van der Waals surface area contributed by atoms with Gasteiger partial charge in [-0.15, -0.1) is 0 Å². The van der Waals surface area contributed by atoms with Crippen molar-refractivity contribution < 1.29 is 18.3 Å². The summed E-state index contributed by atoms with van der Waals surface area (Å²) in [5, 5.41) is 17.1. The Bertz CT molecular complexity index is 901. The molecule has 0 aliphatic heterocycles. The lowest BCUT2D eigenvalue weighted by molar-refractivity contribution is 0.0902. The lowest BCUT2D eigenvalue weighted by Crippen LogP contribution is -2.33. The number of halogens is 2. The summed E-state index contributed by atoms with van der Waals surface area (Å²) >= 11 is 0. The molecule has 0 saturated heterocycles. The molecule has 154 valence electrons. The summed E-state index contributed by atoms with van der Waals surface area (Å²) in [5.41, 5.74) is 0.739. The first-order valence-corrected chi connectivity index (χ1v) is 8.84. The third-order valence-electron chi connectivity index (χ3n) is 3.64. The number of nitrogens with zero attached hydrogens (tertiary/aromatic N) is 3. The SMILES string of the molecule is COCC(F)CNC(=O)c1cnc(Nc2ncc(C#N)cc2F)cc1NC(C)C. The average molecular weight is 404 g/mol. The van der Waals surface area contributed by atoms with Crippen molar-refractivity contribution in [3.63, 3.8) is 0 Å². The minimum Gasteiger partial charge on any atom is -0.382 e. The number of rotatable bonds is 9. The van der Waals surface area contributed by atoms with Crippen LogP contribution in [0.5, 0.6) is 0 Å². The standard InChI is InChI=1S/C19H22F2N6O2/c1-11(2)26-16-5-17(27-18-15(21)4-12(6-22)7-24-18)23-9-14(16)19(28)25-8-13(20)10-29-3/h4-5,7,9,11,13H,8,10H2,1-3H3,(H,25,28)(H2,23,24,26,27). The van der Waals surface area contributed by atoms with Crippen LogP contribution in [-0.4, -0.2) is 48.4 Å². The minimum absolute atomic E-state index is 0.0102. The van der Waals surface area contributed by atoms with Gasteiger partial charge in [0.2, 0.25) is 0 Å². The molecule has 10 heteroatoms. The number of alkyl halides is 1. The Morgan fingerprint density at radius 3 is 2.69 bits per heavy atom. The highest BCUT2D eigenvalue weighted by Gasteiger charge is 2.17. The Morgan fingerprint density at radius 1 is 1.31 bits per heavy atom. The predicted octanol–water partition coefficient (Wildman–Crippen LogP) is 2.77. The molecule has 0 aliphatic rings. The van der Waals surface area contributed by atoms with E-state index in [0.717, 1.165) is 6.07 Å². The highest BCUT2D eigenvalue weighted by Crippen LogP contribution is 2.23. The van der Waals surface area contributed by atoms with E-state index in [4.69, 9.17) is 10.00 Å². The van der Waals surface area contributed by atoms with Gasteiger partial charge in [0, 0.05) is 31.6 Å². The molecule has 0 radical (unpaired) electrons. The van der Waals surface area contributed by atoms with Gasteiger partial charge in [-0.1, -0.05) is 0 Å². The van der Waals surface area contributed by atoms with E-state index < -0.39 is 17.9 Å². The van der Waals surface area contributed by atoms with E-state index in [-0.39, 0.29) is 42.0 Å². The molecular formula is C19H22F2N6O2. The van der Waals surface area contributed by atoms with Crippen LogP contribution in [0.15, 0.2) is 24.5 Å². The zero-order valence-corrected chi connectivity index (χ0v) is 16.3. The number of anilines is 3. The molecule has 1 unspecified atom stereocenters. The van der Waals surface area contributed by atoms with Gasteiger partial charge in [-0.2, -0.15) is 5.26 Å². The van der Waals surface area contributed by atoms with Crippen LogP contribution in [0.4, 0.5) is 26.1 Å². The number of carbonyl (C=O) groups excluding carboxylic acids is 1. The van der Waals surface area contributed by atoms with Gasteiger partial charge < -0.3 is 20.7 Å². The lowest BCUT2D eigenvalue weighted by Gasteiger charge is -2.16. The minimum atomic E-state index is -1.33. The highest BCUT2D eigenvalue weighted by molar-refractivity contribution is 5.99. The van der Waals surface area contributed by atoms with Gasteiger partial charge in [-0.25, -0.2) is 18.7 Å². The number of hydrogen-bond donors (Lipinski definition) is 3. The number of nitrogens with one attached hydrogen (secondary N) is 3. The summed E-state index contributed by atoms with van der Waals surface area (Å²) in [6, 6.07) is 4.37. The fourth-order valence-corrected chi connectivity index (χ4v) is 2.39. The third kappa shape index (κ3) is 6.36. The summed E-state index contributed by atoms with van der Waals surface area (Å²) in [7, 11) is 1.38. The molecule has 0 fully saturated rings. The Kier molecular flexibility index (Phi) is 7.79. The predicted molar refractivity (Wildman–Crippen MR) is 104 cm³/mol. The second-order valence-corrected chi connectivity index (χ2v) is 6.47. The summed E-state index contributed by atoms with van der Waals surface area (Å²) < 4.78 is 32.3. The van der Waals surface area contributed by atoms with E-state index in [0.29, 0.717) is 5.69 Å². The fraction of sp³-hybridized carbons (Fsp3) is 0.368. The number of aromatic nitrogens is 2. The molecule has 3 N–H and O–H groups in total. The molecular weight excluding hydrogens is 382 g/mol. The largest absolute Gasteiger partial charge is 0.382 e. The number of methoxy groups -OCH3 is 1. The first-order valence-electron chi connectivity index (χ1n) is 8.84. The third-order valence-corrected chi connectivity index (χ3v) is 3.64. The Morgan fingerprint density at radius 2 is 2.07 bits per heavy atom. The van der Waals surface area contributed by atoms with E-state index in [1.54, 1.807) is 6.07 Å². The van der Waals surface area contributed by atoms with Crippen LogP contribution in [0.3, 0.4) is 0 Å². The summed E-state index contributed by atoms with van der Waals surface area (Å²) in [6.07, 6.45) is 1.20. The van der Waals surface area contributed by atoms with Crippen LogP contribution in [0, 0.1) is 17.1 Å². The molecule has 2 aromatic rings. The van der Waals surface area contributed by atoms with Gasteiger partial charge in [0.1, 0.15) is 18.1 Å². The van der Waals surface area contributed by atoms with E-state index in [1.165, 1.54) is 25.6 Å². The van der Waals surface area contributed by atoms with E-state index in [1.807, 2.05) is 13.8 Å². The maximum atomic E-state index is 14.1. The van der Waals surface area contributed by atoms with Crippen molar-refractivity contribution in [2.24, 2.45) is 0 Å². The lowest BCUT2D eigenvalue weighted by atomic mass is 10.2. The molecule has 1 atom stereocenters. The van der Waals surface area contributed by atoms with Crippen LogP contribution >= 0.6 is 0 Å². The van der Waals surface area contributed by atoms with Crippen LogP contribution < -0.4 is 16.0 Å². The smallest absolute Gasteiger partial charge is 0.255 e. The van der Waals surface area contributed by atoms with Crippen LogP contribution in [0.2, 0.25) is 0 Å². The summed E-state index contributed by atoms with van der Waals surface area (Å²) in [5.74, 6) is -1.08. The Hall–Kier alpha value is -3.32. The van der Waals surface area contributed by atoms with Gasteiger partial charge in [0.05, 0.1) is 30.0 Å². The number of amides is 1. The van der Waals surface area contributed by atoms with Gasteiger partial charge in [-0.05, 0) is 19.9 Å². The van der Waals surface area contributed by atoms with Crippen molar-refractivity contribution in [3.05, 3.63) is 41.5 Å². The maximum absolute atomic E-state index is 14.1. The molecule has 0 bridgehead atoms. The molecule has 0 aromatic carbocycles. The molecule has 2 heterocycles. The van der Waals surface area contributed by atoms with Crippen LogP contribution in [-0.2, 0) is 4.74 Å². The first-order chi connectivity index (χ1) is 13.8. The van der Waals surface area contributed by atoms with Gasteiger partial charge >= 0.3 is 0 Å². The molecule has 2 rings (SSSR count). The Labute approximate surface area is 167 Å². The molecule has 0 spiro atoms. The van der Waals surface area contributed by atoms with E-state index in [2.05, 4.69) is 25.9 Å². The second-order valence-electron chi connectivity index (χ2n) is 6.47. The monoisotopic (exact) mass is 404 g/mol. The maximum Gasteiger partial charge on any atom is 0.255 e. The normalized spacial score (nSPS) is 11.6. The average Bonchev–Trinajstić information content (AvgIpc) is 2.67. The van der Waals surface area contributed by atoms with E-state index in [9.17, 15) is 13.6 Å². The fourth-order valence-electron chi connectivity index (χ4n) is 2.39. The number of pyridine rings is 2. The number of nitriles is 1. The molecule has 1 amide bonds. The quantitative estimate of drug-likeness (QED) is 0.589. The van der Waals surface area contributed by atoms with Gasteiger partial charge in [-0.3, -0.25) is 4.79 Å². The van der Waals surface area contributed by atoms with Crippen molar-refractivity contribution >= 4 is 23.2 Å². The molecule has 0 saturated carbocycles. The van der Waals surface area contributed by atoms with Crippen LogP contribution in [0.25, 0.3) is 0 Å². The van der Waals surface area contributed by atoms with Crippen molar-refractivity contribution in [1.82, 2.24) is 15.3 Å². The van der Waals surface area contributed by atoms with Crippen molar-refractivity contribution in [2.75, 3.05) is 30.9 Å². The van der Waals surface area contributed by atoms with Gasteiger partial charge in [0.15, 0.2) is 11.6 Å². The van der Waals surface area contributed by atoms with Crippen molar-refractivity contribution in [1.29, 1.82) is 5.26 Å². The molecule has 0 aliphatic carbocycles. The molecule has 8 nitrogen and oxygen atoms in total. The number of hydrogen-bond acceptors (Lipinski definition) is 7. The number of ether oxygens (including phenoxy) is 1. The second kappa shape index (κ2) is 10.3. The summed E-state index contributed by atoms with van der Waals surface area (Å²) in [6.45, 7) is 3.44. The molecule has 29 heavy (non-hydrogen) atoms. The van der Waals surface area contributed by atoms with Crippen molar-refractivity contribution in [2.45, 2.75) is 26.1 Å². The topological polar surface area (TPSA) is 112 Å². The Balaban J connectivity index is 2.22. The van der Waals surface area contributed by atoms with Gasteiger partial charge in [0.25, 0.3) is 5.91 Å². The molecule has 2 aromatic heterocycles. The van der Waals surface area contributed by atoms with Crippen LogP contribution in [0.1, 0.15) is 29.8 Å².